The molecule has 1 unspecified atom stereocenters. The van der Waals surface area contributed by atoms with Gasteiger partial charge in [0.2, 0.25) is 11.8 Å². The Hall–Kier alpha value is -3.76. The van der Waals surface area contributed by atoms with Crippen LogP contribution in [-0.4, -0.2) is 83.7 Å². The van der Waals surface area contributed by atoms with Crippen LogP contribution in [0.1, 0.15) is 19.8 Å². The van der Waals surface area contributed by atoms with Crippen molar-refractivity contribution in [1.82, 2.24) is 4.90 Å². The number of likely N-dealkylation sites (tertiary alicyclic amines) is 1. The zero-order chi connectivity index (χ0) is 30.1. The number of carbonyl (C=O) groups excluding carboxylic acids is 3. The number of ether oxygens (including phenoxy) is 2. The maximum atomic E-state index is 14.5. The van der Waals surface area contributed by atoms with Crippen LogP contribution in [-0.2, 0) is 14.4 Å². The molecule has 0 saturated carbocycles. The van der Waals surface area contributed by atoms with Crippen molar-refractivity contribution >= 4 is 40.9 Å². The molecule has 5 atom stereocenters. The molecule has 4 heterocycles. The molecule has 4 aliphatic heterocycles. The summed E-state index contributed by atoms with van der Waals surface area (Å²) in [6, 6.07) is 14.0. The maximum Gasteiger partial charge on any atom is 0.251 e. The SMILES string of the molecule is CCOc1ccc(N2CC=C[C@H]3S[C@]45C=CCN(c6ccc(OC)cc6)C(=O)C4N(CCCCO)C(=O)[C@@H]5[C@H]3C2=O)cc1. The highest BCUT2D eigenvalue weighted by atomic mass is 32.2. The predicted molar refractivity (Wildman–Crippen MR) is 167 cm³/mol. The Morgan fingerprint density at radius 3 is 2.19 bits per heavy atom. The second-order valence-corrected chi connectivity index (χ2v) is 12.6. The average Bonchev–Trinajstić information content (AvgIpc) is 3.33. The topological polar surface area (TPSA) is 99.6 Å². The maximum absolute atomic E-state index is 14.5. The molecule has 3 amide bonds. The van der Waals surface area contributed by atoms with Crippen molar-refractivity contribution in [3.8, 4) is 11.5 Å². The summed E-state index contributed by atoms with van der Waals surface area (Å²) in [4.78, 5) is 48.4. The van der Waals surface area contributed by atoms with E-state index in [9.17, 15) is 19.5 Å². The molecule has 226 valence electrons. The summed E-state index contributed by atoms with van der Waals surface area (Å²) in [5.41, 5.74) is 1.46. The first-order valence-electron chi connectivity index (χ1n) is 14.9. The number of amides is 3. The van der Waals surface area contributed by atoms with Gasteiger partial charge in [-0.25, -0.2) is 0 Å². The van der Waals surface area contributed by atoms with Crippen LogP contribution in [0.4, 0.5) is 11.4 Å². The van der Waals surface area contributed by atoms with Gasteiger partial charge in [-0.2, -0.15) is 0 Å². The normalized spacial score (nSPS) is 28.0. The van der Waals surface area contributed by atoms with E-state index in [-0.39, 0.29) is 29.6 Å². The summed E-state index contributed by atoms with van der Waals surface area (Å²) in [7, 11) is 1.60. The summed E-state index contributed by atoms with van der Waals surface area (Å²) in [5, 5.41) is 9.22. The first-order chi connectivity index (χ1) is 20.9. The van der Waals surface area contributed by atoms with Crippen LogP contribution >= 0.6 is 11.8 Å². The number of hydrogen-bond donors (Lipinski definition) is 1. The highest BCUT2D eigenvalue weighted by molar-refractivity contribution is 8.02. The van der Waals surface area contributed by atoms with Gasteiger partial charge < -0.3 is 29.3 Å². The Morgan fingerprint density at radius 1 is 0.884 bits per heavy atom. The summed E-state index contributed by atoms with van der Waals surface area (Å²) >= 11 is 1.57. The number of anilines is 2. The number of thioether (sulfide) groups is 1. The fourth-order valence-corrected chi connectivity index (χ4v) is 8.89. The second-order valence-electron chi connectivity index (χ2n) is 11.2. The lowest BCUT2D eigenvalue weighted by Gasteiger charge is -2.35. The molecule has 0 aliphatic carbocycles. The molecule has 2 aromatic carbocycles. The van der Waals surface area contributed by atoms with Crippen molar-refractivity contribution in [1.29, 1.82) is 0 Å². The van der Waals surface area contributed by atoms with Crippen LogP contribution in [0.2, 0.25) is 0 Å². The number of fused-ring (bicyclic) bond motifs is 2. The molecule has 0 bridgehead atoms. The van der Waals surface area contributed by atoms with Gasteiger partial charge >= 0.3 is 0 Å². The van der Waals surface area contributed by atoms with E-state index in [0.29, 0.717) is 50.5 Å². The van der Waals surface area contributed by atoms with Crippen LogP contribution in [0.3, 0.4) is 0 Å². The van der Waals surface area contributed by atoms with E-state index in [1.165, 1.54) is 0 Å². The summed E-state index contributed by atoms with van der Waals surface area (Å²) in [6.07, 6.45) is 9.11. The number of methoxy groups -OCH3 is 1. The molecule has 2 fully saturated rings. The minimum absolute atomic E-state index is 0.00681. The molecule has 1 spiro atoms. The number of aliphatic hydroxyl groups excluding tert-OH is 1. The molecule has 4 aliphatic rings. The zero-order valence-electron chi connectivity index (χ0n) is 24.4. The molecule has 10 heteroatoms. The number of aliphatic hydroxyl groups is 1. The highest BCUT2D eigenvalue weighted by Gasteiger charge is 2.71. The van der Waals surface area contributed by atoms with Crippen LogP contribution < -0.4 is 19.3 Å². The van der Waals surface area contributed by atoms with E-state index in [2.05, 4.69) is 0 Å². The predicted octanol–water partition coefficient (Wildman–Crippen LogP) is 3.67. The third kappa shape index (κ3) is 5.00. The van der Waals surface area contributed by atoms with E-state index < -0.39 is 22.6 Å². The molecule has 9 nitrogen and oxygen atoms in total. The van der Waals surface area contributed by atoms with Crippen molar-refractivity contribution in [3.63, 3.8) is 0 Å². The van der Waals surface area contributed by atoms with Crippen LogP contribution in [0.5, 0.6) is 11.5 Å². The van der Waals surface area contributed by atoms with E-state index in [4.69, 9.17) is 9.47 Å². The van der Waals surface area contributed by atoms with E-state index in [1.807, 2.05) is 79.8 Å². The lowest BCUT2D eigenvalue weighted by molar-refractivity contribution is -0.138. The summed E-state index contributed by atoms with van der Waals surface area (Å²) < 4.78 is 10.00. The Balaban J connectivity index is 1.38. The molecule has 2 aromatic rings. The zero-order valence-corrected chi connectivity index (χ0v) is 25.2. The smallest absolute Gasteiger partial charge is 0.251 e. The number of carbonyl (C=O) groups is 3. The fraction of sp³-hybridized carbons (Fsp3) is 0.424. The van der Waals surface area contributed by atoms with Gasteiger partial charge in [-0.1, -0.05) is 24.3 Å². The second kappa shape index (κ2) is 12.1. The average molecular weight is 604 g/mol. The molecule has 0 radical (unpaired) electrons. The van der Waals surface area contributed by atoms with Crippen molar-refractivity contribution in [2.45, 2.75) is 35.8 Å². The minimum atomic E-state index is -0.897. The van der Waals surface area contributed by atoms with Crippen molar-refractivity contribution < 1.29 is 29.0 Å². The number of benzene rings is 2. The molecule has 0 aromatic heterocycles. The van der Waals surface area contributed by atoms with E-state index in [1.54, 1.807) is 33.6 Å². The largest absolute Gasteiger partial charge is 0.497 e. The van der Waals surface area contributed by atoms with Crippen LogP contribution in [0, 0.1) is 11.8 Å². The van der Waals surface area contributed by atoms with Gasteiger partial charge in [0.25, 0.3) is 5.91 Å². The molecule has 6 rings (SSSR count). The van der Waals surface area contributed by atoms with Gasteiger partial charge in [-0.3, -0.25) is 14.4 Å². The molecular formula is C33H37N3O6S. The summed E-state index contributed by atoms with van der Waals surface area (Å²) in [5.74, 6) is -0.361. The Bertz CT molecular complexity index is 1430. The van der Waals surface area contributed by atoms with E-state index >= 15 is 0 Å². The standard InChI is InChI=1S/C33H37N3O6S/c1-3-42-25-15-11-22(12-16-25)34-19-6-8-26-27(30(34)38)28-31(39)36(18-4-5-21-37)29-32(40)35(20-7-17-33(28,29)43-26)23-9-13-24(41-2)14-10-23/h6-17,26-29,37H,3-5,18-21H2,1-2H3/t26-,27+,28+,29?,33+/m1/s1. The number of hydrogen-bond acceptors (Lipinski definition) is 7. The lowest BCUT2D eigenvalue weighted by atomic mass is 9.78. The van der Waals surface area contributed by atoms with Gasteiger partial charge in [0, 0.05) is 42.9 Å². The first kappa shape index (κ1) is 29.3. The minimum Gasteiger partial charge on any atom is -0.497 e. The molecular weight excluding hydrogens is 566 g/mol. The van der Waals surface area contributed by atoms with Crippen molar-refractivity contribution in [2.24, 2.45) is 11.8 Å². The Labute approximate surface area is 256 Å². The lowest BCUT2D eigenvalue weighted by Crippen LogP contribution is -2.53. The fourth-order valence-electron chi connectivity index (χ4n) is 6.89. The summed E-state index contributed by atoms with van der Waals surface area (Å²) in [6.45, 7) is 3.57. The molecule has 1 N–H and O–H groups in total. The van der Waals surface area contributed by atoms with Crippen LogP contribution in [0.25, 0.3) is 0 Å². The van der Waals surface area contributed by atoms with Gasteiger partial charge in [0.1, 0.15) is 17.5 Å². The molecule has 2 saturated heterocycles. The van der Waals surface area contributed by atoms with Crippen molar-refractivity contribution in [2.75, 3.05) is 49.8 Å². The van der Waals surface area contributed by atoms with Crippen molar-refractivity contribution in [3.05, 3.63) is 72.8 Å². The van der Waals surface area contributed by atoms with E-state index in [0.717, 1.165) is 11.4 Å². The third-order valence-corrected chi connectivity index (χ3v) is 10.6. The third-order valence-electron chi connectivity index (χ3n) is 8.81. The monoisotopic (exact) mass is 603 g/mol. The van der Waals surface area contributed by atoms with Gasteiger partial charge in [-0.05, 0) is 68.3 Å². The Morgan fingerprint density at radius 2 is 1.53 bits per heavy atom. The number of unbranched alkanes of at least 4 members (excludes halogenated alkanes) is 1. The van der Waals surface area contributed by atoms with Gasteiger partial charge in [-0.15, -0.1) is 11.8 Å². The Kier molecular flexibility index (Phi) is 8.24. The number of rotatable bonds is 9. The first-order valence-corrected chi connectivity index (χ1v) is 15.7. The molecule has 43 heavy (non-hydrogen) atoms. The van der Waals surface area contributed by atoms with Gasteiger partial charge in [0.05, 0.1) is 30.3 Å². The van der Waals surface area contributed by atoms with Crippen LogP contribution in [0.15, 0.2) is 72.8 Å². The number of nitrogens with zero attached hydrogens (tertiary/aromatic N) is 3. The van der Waals surface area contributed by atoms with Gasteiger partial charge in [0.15, 0.2) is 0 Å². The highest BCUT2D eigenvalue weighted by Crippen LogP contribution is 2.61. The quantitative estimate of drug-likeness (QED) is 0.345.